The molecule has 0 saturated heterocycles. The molecule has 0 saturated carbocycles. The van der Waals surface area contributed by atoms with Crippen LogP contribution in [0.1, 0.15) is 32.3 Å². The Labute approximate surface area is 96.1 Å². The van der Waals surface area contributed by atoms with E-state index in [9.17, 15) is 4.39 Å². The molecular formula is C13H19FO2. The van der Waals surface area contributed by atoms with Crippen LogP contribution < -0.4 is 4.74 Å². The minimum Gasteiger partial charge on any atom is -0.488 e. The van der Waals surface area contributed by atoms with Gasteiger partial charge in [0.25, 0.3) is 0 Å². The lowest BCUT2D eigenvalue weighted by Gasteiger charge is -2.15. The third kappa shape index (κ3) is 3.81. The average molecular weight is 226 g/mol. The van der Waals surface area contributed by atoms with E-state index in [0.717, 1.165) is 24.8 Å². The van der Waals surface area contributed by atoms with Gasteiger partial charge in [-0.1, -0.05) is 19.4 Å². The van der Waals surface area contributed by atoms with E-state index in [2.05, 4.69) is 6.92 Å². The molecule has 90 valence electrons. The second-order valence-corrected chi connectivity index (χ2v) is 3.97. The predicted molar refractivity (Wildman–Crippen MR) is 62.2 cm³/mol. The van der Waals surface area contributed by atoms with E-state index in [1.165, 1.54) is 12.1 Å². The Kier molecular flexibility index (Phi) is 5.26. The number of ether oxygens (including phenoxy) is 1. The van der Waals surface area contributed by atoms with Crippen molar-refractivity contribution < 1.29 is 14.2 Å². The topological polar surface area (TPSA) is 29.5 Å². The molecule has 0 radical (unpaired) electrons. The van der Waals surface area contributed by atoms with Crippen LogP contribution in [0.3, 0.4) is 0 Å². The summed E-state index contributed by atoms with van der Waals surface area (Å²) in [5.74, 6) is 0.246. The number of aliphatic hydroxyl groups is 1. The van der Waals surface area contributed by atoms with Crippen molar-refractivity contribution in [3.63, 3.8) is 0 Å². The molecule has 1 unspecified atom stereocenters. The first-order valence-corrected chi connectivity index (χ1v) is 5.73. The number of unbranched alkanes of at least 4 members (excludes halogenated alkanes) is 1. The maximum Gasteiger partial charge on any atom is 0.126 e. The zero-order valence-electron chi connectivity index (χ0n) is 9.87. The molecule has 16 heavy (non-hydrogen) atoms. The van der Waals surface area contributed by atoms with Gasteiger partial charge in [-0.15, -0.1) is 0 Å². The Hall–Kier alpha value is -1.09. The fourth-order valence-corrected chi connectivity index (χ4v) is 1.47. The van der Waals surface area contributed by atoms with Gasteiger partial charge in [0, 0.05) is 6.07 Å². The average Bonchev–Trinajstić information content (AvgIpc) is 2.28. The molecule has 0 aliphatic rings. The van der Waals surface area contributed by atoms with Crippen LogP contribution in [-0.2, 0) is 6.42 Å². The summed E-state index contributed by atoms with van der Waals surface area (Å²) in [4.78, 5) is 0. The standard InChI is InChI=1S/C13H19FO2/c1-3-4-5-11-6-7-12(14)8-13(11)16-10(2)9-15/h6-8,10,15H,3-5,9H2,1-2H3. The number of aliphatic hydroxyl groups excluding tert-OH is 1. The maximum atomic E-state index is 13.1. The van der Waals surface area contributed by atoms with Gasteiger partial charge in [0.05, 0.1) is 6.61 Å². The molecule has 1 N–H and O–H groups in total. The third-order valence-electron chi connectivity index (χ3n) is 2.41. The van der Waals surface area contributed by atoms with Crippen molar-refractivity contribution >= 4 is 0 Å². The first-order chi connectivity index (χ1) is 7.67. The molecule has 3 heteroatoms. The van der Waals surface area contributed by atoms with E-state index in [1.54, 1.807) is 13.0 Å². The van der Waals surface area contributed by atoms with Crippen LogP contribution in [-0.4, -0.2) is 17.8 Å². The zero-order chi connectivity index (χ0) is 12.0. The highest BCUT2D eigenvalue weighted by Crippen LogP contribution is 2.23. The highest BCUT2D eigenvalue weighted by atomic mass is 19.1. The van der Waals surface area contributed by atoms with Gasteiger partial charge in [0.2, 0.25) is 0 Å². The minimum absolute atomic E-state index is 0.0657. The summed E-state index contributed by atoms with van der Waals surface area (Å²) in [5.41, 5.74) is 1.00. The maximum absolute atomic E-state index is 13.1. The van der Waals surface area contributed by atoms with Crippen molar-refractivity contribution in [2.24, 2.45) is 0 Å². The van der Waals surface area contributed by atoms with Gasteiger partial charge in [-0.25, -0.2) is 4.39 Å². The Morgan fingerprint density at radius 1 is 1.44 bits per heavy atom. The van der Waals surface area contributed by atoms with E-state index in [0.29, 0.717) is 5.75 Å². The van der Waals surface area contributed by atoms with Crippen molar-refractivity contribution in [3.8, 4) is 5.75 Å². The highest BCUT2D eigenvalue weighted by Gasteiger charge is 2.08. The van der Waals surface area contributed by atoms with Crippen LogP contribution in [0, 0.1) is 5.82 Å². The van der Waals surface area contributed by atoms with Crippen molar-refractivity contribution in [2.75, 3.05) is 6.61 Å². The van der Waals surface area contributed by atoms with E-state index in [1.807, 2.05) is 0 Å². The van der Waals surface area contributed by atoms with Gasteiger partial charge in [0.15, 0.2) is 0 Å². The fourth-order valence-electron chi connectivity index (χ4n) is 1.47. The third-order valence-corrected chi connectivity index (χ3v) is 2.41. The number of benzene rings is 1. The molecule has 1 aromatic carbocycles. The number of halogens is 1. The van der Waals surface area contributed by atoms with Crippen molar-refractivity contribution in [1.29, 1.82) is 0 Å². The van der Waals surface area contributed by atoms with E-state index < -0.39 is 0 Å². The summed E-state index contributed by atoms with van der Waals surface area (Å²) in [7, 11) is 0. The van der Waals surface area contributed by atoms with Crippen molar-refractivity contribution in [2.45, 2.75) is 39.2 Å². The number of hydrogen-bond donors (Lipinski definition) is 1. The first-order valence-electron chi connectivity index (χ1n) is 5.73. The summed E-state index contributed by atoms with van der Waals surface area (Å²) in [6.07, 6.45) is 2.72. The second kappa shape index (κ2) is 6.48. The molecular weight excluding hydrogens is 207 g/mol. The Bertz CT molecular complexity index is 326. The van der Waals surface area contributed by atoms with E-state index in [4.69, 9.17) is 9.84 Å². The molecule has 0 bridgehead atoms. The van der Waals surface area contributed by atoms with Crippen molar-refractivity contribution in [3.05, 3.63) is 29.6 Å². The fraction of sp³-hybridized carbons (Fsp3) is 0.538. The summed E-state index contributed by atoms with van der Waals surface area (Å²) in [6.45, 7) is 3.80. The van der Waals surface area contributed by atoms with Crippen LogP contribution in [0.4, 0.5) is 4.39 Å². The van der Waals surface area contributed by atoms with Gasteiger partial charge in [0.1, 0.15) is 17.7 Å². The van der Waals surface area contributed by atoms with Gasteiger partial charge in [-0.05, 0) is 31.4 Å². The first kappa shape index (κ1) is 13.0. The largest absolute Gasteiger partial charge is 0.488 e. The molecule has 1 atom stereocenters. The highest BCUT2D eigenvalue weighted by molar-refractivity contribution is 5.34. The zero-order valence-corrected chi connectivity index (χ0v) is 9.87. The van der Waals surface area contributed by atoms with Crippen LogP contribution in [0.15, 0.2) is 18.2 Å². The normalized spacial score (nSPS) is 12.5. The quantitative estimate of drug-likeness (QED) is 0.808. The molecule has 0 aromatic heterocycles. The van der Waals surface area contributed by atoms with Gasteiger partial charge < -0.3 is 9.84 Å². The summed E-state index contributed by atoms with van der Waals surface area (Å²) >= 11 is 0. The molecule has 0 heterocycles. The van der Waals surface area contributed by atoms with Crippen LogP contribution in [0.25, 0.3) is 0 Å². The lowest BCUT2D eigenvalue weighted by atomic mass is 10.1. The molecule has 0 fully saturated rings. The Balaban J connectivity index is 2.80. The number of hydrogen-bond acceptors (Lipinski definition) is 2. The lowest BCUT2D eigenvalue weighted by molar-refractivity contribution is 0.128. The summed E-state index contributed by atoms with van der Waals surface area (Å²) in [5, 5.41) is 8.91. The monoisotopic (exact) mass is 226 g/mol. The molecule has 0 spiro atoms. The predicted octanol–water partition coefficient (Wildman–Crippen LogP) is 2.93. The van der Waals surface area contributed by atoms with Gasteiger partial charge in [-0.3, -0.25) is 0 Å². The lowest BCUT2D eigenvalue weighted by Crippen LogP contribution is -2.17. The molecule has 2 nitrogen and oxygen atoms in total. The van der Waals surface area contributed by atoms with Crippen molar-refractivity contribution in [1.82, 2.24) is 0 Å². The van der Waals surface area contributed by atoms with Gasteiger partial charge in [-0.2, -0.15) is 0 Å². The smallest absolute Gasteiger partial charge is 0.126 e. The molecule has 0 aliphatic heterocycles. The molecule has 0 amide bonds. The van der Waals surface area contributed by atoms with E-state index in [-0.39, 0.29) is 18.5 Å². The summed E-state index contributed by atoms with van der Waals surface area (Å²) in [6, 6.07) is 4.59. The SMILES string of the molecule is CCCCc1ccc(F)cc1OC(C)CO. The van der Waals surface area contributed by atoms with Crippen LogP contribution >= 0.6 is 0 Å². The molecule has 1 rings (SSSR count). The minimum atomic E-state index is -0.305. The van der Waals surface area contributed by atoms with Crippen LogP contribution in [0.2, 0.25) is 0 Å². The van der Waals surface area contributed by atoms with E-state index >= 15 is 0 Å². The van der Waals surface area contributed by atoms with Crippen LogP contribution in [0.5, 0.6) is 5.75 Å². The second-order valence-electron chi connectivity index (χ2n) is 3.97. The Morgan fingerprint density at radius 3 is 2.81 bits per heavy atom. The number of rotatable bonds is 6. The molecule has 1 aromatic rings. The number of aryl methyl sites for hydroxylation is 1. The van der Waals surface area contributed by atoms with Gasteiger partial charge >= 0.3 is 0 Å². The Morgan fingerprint density at radius 2 is 2.19 bits per heavy atom. The summed E-state index contributed by atoms with van der Waals surface area (Å²) < 4.78 is 18.6. The molecule has 0 aliphatic carbocycles.